The fourth-order valence-electron chi connectivity index (χ4n) is 3.28. The molecule has 5 nitrogen and oxygen atoms in total. The molecule has 0 amide bonds. The third-order valence-corrected chi connectivity index (χ3v) is 4.46. The van der Waals surface area contributed by atoms with E-state index in [1.807, 2.05) is 24.3 Å². The van der Waals surface area contributed by atoms with Crippen LogP contribution in [0.4, 0.5) is 5.69 Å². The number of anilines is 1. The number of ether oxygens (including phenoxy) is 2. The molecule has 0 spiro atoms. The second kappa shape index (κ2) is 7.55. The summed E-state index contributed by atoms with van der Waals surface area (Å²) in [6.07, 6.45) is 2.37. The van der Waals surface area contributed by atoms with Crippen molar-refractivity contribution in [2.45, 2.75) is 26.7 Å². The van der Waals surface area contributed by atoms with E-state index in [4.69, 9.17) is 9.47 Å². The summed E-state index contributed by atoms with van der Waals surface area (Å²) in [6, 6.07) is 9.39. The number of carbonyl (C=O) groups is 2. The van der Waals surface area contributed by atoms with Crippen molar-refractivity contribution in [1.82, 2.24) is 0 Å². The van der Waals surface area contributed by atoms with Crippen molar-refractivity contribution < 1.29 is 19.1 Å². The molecule has 0 radical (unpaired) electrons. The first-order valence-electron chi connectivity index (χ1n) is 8.81. The van der Waals surface area contributed by atoms with Gasteiger partial charge in [-0.2, -0.15) is 0 Å². The zero-order chi connectivity index (χ0) is 17.8. The van der Waals surface area contributed by atoms with Crippen molar-refractivity contribution in [3.05, 3.63) is 41.5 Å². The Balaban J connectivity index is 2.09. The lowest BCUT2D eigenvalue weighted by Gasteiger charge is -2.15. The Morgan fingerprint density at radius 1 is 0.880 bits per heavy atom. The van der Waals surface area contributed by atoms with E-state index in [1.54, 1.807) is 19.9 Å². The molecule has 0 N–H and O–H groups in total. The van der Waals surface area contributed by atoms with E-state index in [0.29, 0.717) is 22.3 Å². The quantitative estimate of drug-likeness (QED) is 0.775. The molecule has 1 saturated heterocycles. The first-order valence-corrected chi connectivity index (χ1v) is 8.81. The average Bonchev–Trinajstić information content (AvgIpc) is 3.20. The smallest absolute Gasteiger partial charge is 0.338 e. The van der Waals surface area contributed by atoms with Crippen LogP contribution in [0.5, 0.6) is 0 Å². The van der Waals surface area contributed by atoms with E-state index in [2.05, 4.69) is 4.90 Å². The van der Waals surface area contributed by atoms with Gasteiger partial charge in [0.1, 0.15) is 0 Å². The van der Waals surface area contributed by atoms with Crippen molar-refractivity contribution in [1.29, 1.82) is 0 Å². The van der Waals surface area contributed by atoms with Crippen molar-refractivity contribution in [3.63, 3.8) is 0 Å². The predicted molar refractivity (Wildman–Crippen MR) is 96.4 cm³/mol. The summed E-state index contributed by atoms with van der Waals surface area (Å²) in [5.41, 5.74) is 3.34. The summed E-state index contributed by atoms with van der Waals surface area (Å²) < 4.78 is 10.3. The molecule has 0 bridgehead atoms. The van der Waals surface area contributed by atoms with Crippen LogP contribution in [0.1, 0.15) is 47.4 Å². The van der Waals surface area contributed by atoms with Gasteiger partial charge in [-0.3, -0.25) is 0 Å². The molecular weight excluding hydrogens is 318 g/mol. The lowest BCUT2D eigenvalue weighted by Crippen LogP contribution is -2.16. The maximum absolute atomic E-state index is 12.3. The van der Waals surface area contributed by atoms with Gasteiger partial charge in [0.05, 0.1) is 24.3 Å². The summed E-state index contributed by atoms with van der Waals surface area (Å²) in [6.45, 7) is 6.17. The Morgan fingerprint density at radius 3 is 1.80 bits per heavy atom. The SMILES string of the molecule is CCOC(=O)c1cc(C(=O)OCC)c2ccc(N3CCCC3)ccc1-2. The topological polar surface area (TPSA) is 55.8 Å². The Labute approximate surface area is 147 Å². The molecule has 0 aromatic carbocycles. The molecule has 2 aliphatic carbocycles. The second-order valence-electron chi connectivity index (χ2n) is 6.03. The van der Waals surface area contributed by atoms with Gasteiger partial charge in [0.25, 0.3) is 0 Å². The number of esters is 2. The normalized spacial score (nSPS) is 13.9. The van der Waals surface area contributed by atoms with Crippen LogP contribution in [0.2, 0.25) is 0 Å². The summed E-state index contributed by atoms with van der Waals surface area (Å²) in [5, 5.41) is 0. The number of hydrogen-bond donors (Lipinski definition) is 0. The number of nitrogens with zero attached hydrogens (tertiary/aromatic N) is 1. The maximum atomic E-state index is 12.3. The van der Waals surface area contributed by atoms with Crippen LogP contribution in [0.3, 0.4) is 0 Å². The average molecular weight is 341 g/mol. The first-order chi connectivity index (χ1) is 12.2. The van der Waals surface area contributed by atoms with E-state index >= 15 is 0 Å². The lowest BCUT2D eigenvalue weighted by molar-refractivity contribution is 0.0525. The molecule has 0 aromatic heterocycles. The minimum Gasteiger partial charge on any atom is -0.462 e. The monoisotopic (exact) mass is 341 g/mol. The minimum absolute atomic E-state index is 0.290. The van der Waals surface area contributed by atoms with Crippen molar-refractivity contribution in [2.75, 3.05) is 31.2 Å². The zero-order valence-corrected chi connectivity index (χ0v) is 14.7. The zero-order valence-electron chi connectivity index (χ0n) is 14.7. The summed E-state index contributed by atoms with van der Waals surface area (Å²) >= 11 is 0. The number of carbonyl (C=O) groups excluding carboxylic acids is 2. The molecular formula is C20H23NO4. The predicted octanol–water partition coefficient (Wildman–Crippen LogP) is 3.75. The van der Waals surface area contributed by atoms with Crippen molar-refractivity contribution in [3.8, 4) is 11.1 Å². The lowest BCUT2D eigenvalue weighted by atomic mass is 10.1. The van der Waals surface area contributed by atoms with E-state index in [0.717, 1.165) is 18.8 Å². The molecule has 132 valence electrons. The Kier molecular flexibility index (Phi) is 5.22. The molecule has 3 rings (SSSR count). The van der Waals surface area contributed by atoms with Crippen LogP contribution in [0.15, 0.2) is 30.3 Å². The van der Waals surface area contributed by atoms with Gasteiger partial charge in [0.15, 0.2) is 0 Å². The highest BCUT2D eigenvalue weighted by atomic mass is 16.5. The van der Waals surface area contributed by atoms with Gasteiger partial charge in [-0.1, -0.05) is 12.1 Å². The standard InChI is InChI=1S/C20H23NO4/c1-3-24-19(22)17-13-18(20(23)25-4-2)16-10-8-14(7-9-15(16)17)21-11-5-6-12-21/h7-10,13H,3-6,11-12H2,1-2H3. The number of fused-ring (bicyclic) bond motifs is 1. The molecule has 1 heterocycles. The summed E-state index contributed by atoms with van der Waals surface area (Å²) in [4.78, 5) is 26.9. The molecule has 3 aliphatic rings. The van der Waals surface area contributed by atoms with Crippen LogP contribution in [-0.4, -0.2) is 38.2 Å². The molecule has 0 atom stereocenters. The van der Waals surface area contributed by atoms with E-state index in [1.165, 1.54) is 12.8 Å². The highest BCUT2D eigenvalue weighted by Gasteiger charge is 2.25. The van der Waals surface area contributed by atoms with E-state index < -0.39 is 11.9 Å². The third kappa shape index (κ3) is 3.45. The van der Waals surface area contributed by atoms with Crippen LogP contribution < -0.4 is 4.90 Å². The summed E-state index contributed by atoms with van der Waals surface area (Å²) in [7, 11) is 0. The largest absolute Gasteiger partial charge is 0.462 e. The van der Waals surface area contributed by atoms with Gasteiger partial charge < -0.3 is 14.4 Å². The molecule has 0 aromatic rings. The van der Waals surface area contributed by atoms with E-state index in [-0.39, 0.29) is 13.2 Å². The van der Waals surface area contributed by atoms with Gasteiger partial charge in [0.2, 0.25) is 0 Å². The Hall–Kier alpha value is -2.56. The van der Waals surface area contributed by atoms with Crippen LogP contribution in [0.25, 0.3) is 11.1 Å². The highest BCUT2D eigenvalue weighted by molar-refractivity contribution is 6.08. The molecule has 1 fully saturated rings. The minimum atomic E-state index is -0.419. The second-order valence-corrected chi connectivity index (χ2v) is 6.03. The molecule has 0 unspecified atom stereocenters. The fourth-order valence-corrected chi connectivity index (χ4v) is 3.28. The van der Waals surface area contributed by atoms with Gasteiger partial charge in [-0.05, 0) is 56.0 Å². The van der Waals surface area contributed by atoms with E-state index in [9.17, 15) is 9.59 Å². The maximum Gasteiger partial charge on any atom is 0.338 e. The fraction of sp³-hybridized carbons (Fsp3) is 0.400. The third-order valence-electron chi connectivity index (χ3n) is 4.46. The van der Waals surface area contributed by atoms with Gasteiger partial charge >= 0.3 is 11.9 Å². The molecule has 25 heavy (non-hydrogen) atoms. The van der Waals surface area contributed by atoms with Crippen LogP contribution in [-0.2, 0) is 9.47 Å². The number of hydrogen-bond acceptors (Lipinski definition) is 5. The van der Waals surface area contributed by atoms with Crippen LogP contribution >= 0.6 is 0 Å². The van der Waals surface area contributed by atoms with Gasteiger partial charge in [-0.25, -0.2) is 9.59 Å². The summed E-state index contributed by atoms with van der Waals surface area (Å²) in [5.74, 6) is -0.839. The molecule has 0 saturated carbocycles. The van der Waals surface area contributed by atoms with Gasteiger partial charge in [0, 0.05) is 18.8 Å². The van der Waals surface area contributed by atoms with Crippen molar-refractivity contribution >= 4 is 17.6 Å². The first kappa shape index (κ1) is 17.3. The highest BCUT2D eigenvalue weighted by Crippen LogP contribution is 2.35. The Bertz CT molecular complexity index is 697. The molecule has 1 aliphatic heterocycles. The Morgan fingerprint density at radius 2 is 1.36 bits per heavy atom. The molecule has 5 heteroatoms. The number of rotatable bonds is 5. The van der Waals surface area contributed by atoms with Crippen molar-refractivity contribution in [2.24, 2.45) is 0 Å². The van der Waals surface area contributed by atoms with Gasteiger partial charge in [-0.15, -0.1) is 0 Å². The van der Waals surface area contributed by atoms with Crippen LogP contribution in [0, 0.1) is 0 Å².